The number of rotatable bonds is 9. The molecule has 1 fully saturated rings. The summed E-state index contributed by atoms with van der Waals surface area (Å²) in [7, 11) is -3.45. The molecule has 0 radical (unpaired) electrons. The van der Waals surface area contributed by atoms with Gasteiger partial charge in [0.2, 0.25) is 0 Å². The Balaban J connectivity index is 1.54. The maximum atomic E-state index is 11.4. The average Bonchev–Trinajstić information content (AvgIpc) is 2.61. The second kappa shape index (κ2) is 8.77. The third kappa shape index (κ3) is 5.64. The predicted octanol–water partition coefficient (Wildman–Crippen LogP) is 2.68. The van der Waals surface area contributed by atoms with Gasteiger partial charge < -0.3 is 4.74 Å². The first-order chi connectivity index (χ1) is 12.5. The first-order valence-corrected chi connectivity index (χ1v) is 10.6. The van der Waals surface area contributed by atoms with Gasteiger partial charge in [0.05, 0.1) is 26.1 Å². The summed E-state index contributed by atoms with van der Waals surface area (Å²) in [5.74, 6) is 0.268. The fraction of sp³-hybridized carbons (Fsp3) is 0.400. The Kier molecular flexibility index (Phi) is 6.43. The summed E-state index contributed by atoms with van der Waals surface area (Å²) in [4.78, 5) is 2.25. The molecule has 0 aliphatic carbocycles. The summed E-state index contributed by atoms with van der Waals surface area (Å²) < 4.78 is 33.7. The molecule has 5 nitrogen and oxygen atoms in total. The Hall–Kier alpha value is -1.73. The van der Waals surface area contributed by atoms with E-state index < -0.39 is 10.1 Å². The van der Waals surface area contributed by atoms with Crippen LogP contribution in [-0.4, -0.2) is 45.4 Å². The Morgan fingerprint density at radius 2 is 1.58 bits per heavy atom. The quantitative estimate of drug-likeness (QED) is 0.631. The summed E-state index contributed by atoms with van der Waals surface area (Å²) >= 11 is 0. The molecule has 26 heavy (non-hydrogen) atoms. The first-order valence-electron chi connectivity index (χ1n) is 8.75. The largest absolute Gasteiger partial charge is 0.376 e. The Morgan fingerprint density at radius 1 is 0.962 bits per heavy atom. The minimum Gasteiger partial charge on any atom is -0.376 e. The van der Waals surface area contributed by atoms with Gasteiger partial charge in [-0.3, -0.25) is 9.08 Å². The molecule has 3 rings (SSSR count). The van der Waals surface area contributed by atoms with Gasteiger partial charge in [0, 0.05) is 25.0 Å². The second-order valence-corrected chi connectivity index (χ2v) is 8.38. The van der Waals surface area contributed by atoms with E-state index in [-0.39, 0.29) is 18.6 Å². The number of likely N-dealkylation sites (tertiary alicyclic amines) is 1. The van der Waals surface area contributed by atoms with Crippen LogP contribution < -0.4 is 0 Å². The molecular formula is C20H25NO4S. The molecule has 0 bridgehead atoms. The minimum absolute atomic E-state index is 0.0423. The van der Waals surface area contributed by atoms with E-state index >= 15 is 0 Å². The topological polar surface area (TPSA) is 55.8 Å². The van der Waals surface area contributed by atoms with Gasteiger partial charge in [-0.15, -0.1) is 0 Å². The van der Waals surface area contributed by atoms with E-state index in [2.05, 4.69) is 17.0 Å². The van der Waals surface area contributed by atoms with Gasteiger partial charge in [-0.25, -0.2) is 0 Å². The Labute approximate surface area is 155 Å². The first kappa shape index (κ1) is 19.0. The number of benzene rings is 2. The lowest BCUT2D eigenvalue weighted by Crippen LogP contribution is -2.59. The molecule has 0 saturated carbocycles. The standard InChI is InChI=1S/C20H25NO4S/c1-26(22,23)25-16-20-19(15-24-14-18-10-6-3-7-11-18)13-21(20)12-17-8-4-2-5-9-17/h2-11,19-20H,12-16H2,1H3/t19-,20-/m1/s1. The predicted molar refractivity (Wildman–Crippen MR) is 101 cm³/mol. The maximum Gasteiger partial charge on any atom is 0.264 e. The summed E-state index contributed by atoms with van der Waals surface area (Å²) in [6.07, 6.45) is 1.09. The average molecular weight is 375 g/mol. The number of nitrogens with zero attached hydrogens (tertiary/aromatic N) is 1. The summed E-state index contributed by atoms with van der Waals surface area (Å²) in [6, 6.07) is 20.2. The van der Waals surface area contributed by atoms with Gasteiger partial charge in [0.15, 0.2) is 0 Å². The molecule has 1 heterocycles. The van der Waals surface area contributed by atoms with E-state index in [1.54, 1.807) is 0 Å². The monoisotopic (exact) mass is 375 g/mol. The fourth-order valence-electron chi connectivity index (χ4n) is 3.22. The summed E-state index contributed by atoms with van der Waals surface area (Å²) in [5, 5.41) is 0. The van der Waals surface area contributed by atoms with Crippen LogP contribution in [0.1, 0.15) is 11.1 Å². The zero-order valence-corrected chi connectivity index (χ0v) is 15.8. The molecule has 6 heteroatoms. The van der Waals surface area contributed by atoms with E-state index in [9.17, 15) is 8.42 Å². The van der Waals surface area contributed by atoms with Crippen molar-refractivity contribution in [1.82, 2.24) is 4.90 Å². The van der Waals surface area contributed by atoms with Gasteiger partial charge in [-0.2, -0.15) is 8.42 Å². The van der Waals surface area contributed by atoms with Gasteiger partial charge in [-0.05, 0) is 11.1 Å². The van der Waals surface area contributed by atoms with Crippen LogP contribution in [0.3, 0.4) is 0 Å². The molecule has 0 aromatic heterocycles. The molecule has 2 atom stereocenters. The zero-order chi connectivity index (χ0) is 18.4. The van der Waals surface area contributed by atoms with E-state index in [0.717, 1.165) is 24.9 Å². The van der Waals surface area contributed by atoms with Crippen LogP contribution in [0.5, 0.6) is 0 Å². The molecular weight excluding hydrogens is 350 g/mol. The van der Waals surface area contributed by atoms with Crippen LogP contribution in [0, 0.1) is 5.92 Å². The van der Waals surface area contributed by atoms with Crippen molar-refractivity contribution < 1.29 is 17.3 Å². The lowest BCUT2D eigenvalue weighted by molar-refractivity contribution is -0.0637. The van der Waals surface area contributed by atoms with Crippen LogP contribution in [0.2, 0.25) is 0 Å². The molecule has 2 aromatic rings. The zero-order valence-electron chi connectivity index (χ0n) is 15.0. The van der Waals surface area contributed by atoms with Gasteiger partial charge >= 0.3 is 0 Å². The van der Waals surface area contributed by atoms with Gasteiger partial charge in [0.1, 0.15) is 0 Å². The van der Waals surface area contributed by atoms with Crippen LogP contribution >= 0.6 is 0 Å². The molecule has 0 unspecified atom stereocenters. The Bertz CT molecular complexity index is 778. The number of hydrogen-bond acceptors (Lipinski definition) is 5. The Morgan fingerprint density at radius 3 is 2.19 bits per heavy atom. The van der Waals surface area contributed by atoms with E-state index in [1.807, 2.05) is 48.5 Å². The highest BCUT2D eigenvalue weighted by Gasteiger charge is 2.39. The van der Waals surface area contributed by atoms with E-state index in [0.29, 0.717) is 13.2 Å². The molecule has 1 aliphatic heterocycles. The third-order valence-corrected chi connectivity index (χ3v) is 5.17. The van der Waals surface area contributed by atoms with Crippen molar-refractivity contribution in [2.45, 2.75) is 19.2 Å². The van der Waals surface area contributed by atoms with Crippen molar-refractivity contribution in [3.8, 4) is 0 Å². The highest BCUT2D eigenvalue weighted by molar-refractivity contribution is 7.85. The van der Waals surface area contributed by atoms with Crippen molar-refractivity contribution in [2.75, 3.05) is 26.0 Å². The highest BCUT2D eigenvalue weighted by atomic mass is 32.2. The van der Waals surface area contributed by atoms with Crippen LogP contribution in [-0.2, 0) is 32.2 Å². The summed E-state index contributed by atoms with van der Waals surface area (Å²) in [5.41, 5.74) is 2.34. The second-order valence-electron chi connectivity index (χ2n) is 6.73. The van der Waals surface area contributed by atoms with Gasteiger partial charge in [-0.1, -0.05) is 60.7 Å². The smallest absolute Gasteiger partial charge is 0.264 e. The highest BCUT2D eigenvalue weighted by Crippen LogP contribution is 2.28. The minimum atomic E-state index is -3.45. The van der Waals surface area contributed by atoms with Crippen molar-refractivity contribution in [3.63, 3.8) is 0 Å². The van der Waals surface area contributed by atoms with E-state index in [4.69, 9.17) is 8.92 Å². The normalized spacial score (nSPS) is 20.7. The summed E-state index contributed by atoms with van der Waals surface area (Å²) in [6.45, 7) is 2.99. The van der Waals surface area contributed by atoms with E-state index in [1.165, 1.54) is 5.56 Å². The third-order valence-electron chi connectivity index (χ3n) is 4.61. The lowest BCUT2D eigenvalue weighted by atomic mass is 9.89. The van der Waals surface area contributed by atoms with Crippen molar-refractivity contribution in [3.05, 3.63) is 71.8 Å². The molecule has 140 valence electrons. The van der Waals surface area contributed by atoms with Crippen LogP contribution in [0.15, 0.2) is 60.7 Å². The molecule has 0 N–H and O–H groups in total. The number of ether oxygens (including phenoxy) is 1. The molecule has 0 amide bonds. The fourth-order valence-corrected chi connectivity index (χ4v) is 3.61. The van der Waals surface area contributed by atoms with Crippen LogP contribution in [0.25, 0.3) is 0 Å². The lowest BCUT2D eigenvalue weighted by Gasteiger charge is -2.47. The molecule has 1 saturated heterocycles. The molecule has 2 aromatic carbocycles. The molecule has 0 spiro atoms. The molecule has 1 aliphatic rings. The van der Waals surface area contributed by atoms with Crippen molar-refractivity contribution in [2.24, 2.45) is 5.92 Å². The van der Waals surface area contributed by atoms with Gasteiger partial charge in [0.25, 0.3) is 10.1 Å². The van der Waals surface area contributed by atoms with Crippen molar-refractivity contribution in [1.29, 1.82) is 0 Å². The van der Waals surface area contributed by atoms with Crippen LogP contribution in [0.4, 0.5) is 0 Å². The SMILES string of the molecule is CS(=O)(=O)OC[C@@H]1[C@@H](COCc2ccccc2)CN1Cc1ccccc1. The van der Waals surface area contributed by atoms with Crippen molar-refractivity contribution >= 4 is 10.1 Å². The number of hydrogen-bond donors (Lipinski definition) is 0. The maximum absolute atomic E-state index is 11.4.